The predicted molar refractivity (Wildman–Crippen MR) is 181 cm³/mol. The lowest BCUT2D eigenvalue weighted by atomic mass is 9.98. The summed E-state index contributed by atoms with van der Waals surface area (Å²) < 4.78 is 24.0. The van der Waals surface area contributed by atoms with Crippen LogP contribution in [0.3, 0.4) is 0 Å². The van der Waals surface area contributed by atoms with Gasteiger partial charge in [-0.2, -0.15) is 0 Å². The number of rotatable bonds is 9. The van der Waals surface area contributed by atoms with E-state index in [9.17, 15) is 9.59 Å². The molecule has 0 aliphatic rings. The van der Waals surface area contributed by atoms with Gasteiger partial charge in [-0.25, -0.2) is 9.59 Å². The van der Waals surface area contributed by atoms with E-state index in [0.717, 1.165) is 55.1 Å². The van der Waals surface area contributed by atoms with Crippen molar-refractivity contribution in [2.45, 2.75) is 13.3 Å². The monoisotopic (exact) mass is 606 g/mol. The molecule has 6 heteroatoms. The molecule has 0 heterocycles. The normalized spacial score (nSPS) is 11.2. The Kier molecular flexibility index (Phi) is 7.92. The zero-order valence-corrected chi connectivity index (χ0v) is 25.2. The summed E-state index contributed by atoms with van der Waals surface area (Å²) in [6, 6.07) is 40.3. The fourth-order valence-electron chi connectivity index (χ4n) is 5.81. The largest absolute Gasteiger partial charge is 0.481 e. The van der Waals surface area contributed by atoms with E-state index in [1.165, 1.54) is 0 Å². The Balaban J connectivity index is 1.18. The first-order valence-corrected chi connectivity index (χ1v) is 15.2. The maximum Gasteiger partial charge on any atom is 0.349 e. The summed E-state index contributed by atoms with van der Waals surface area (Å²) in [5.41, 5.74) is 1.09. The lowest BCUT2D eigenvalue weighted by Gasteiger charge is -2.18. The van der Waals surface area contributed by atoms with Gasteiger partial charge in [0.2, 0.25) is 0 Å². The Hall–Kier alpha value is -5.88. The fraction of sp³-hybridized carbons (Fsp3) is 0.100. The van der Waals surface area contributed by atoms with Crippen LogP contribution in [0.15, 0.2) is 127 Å². The zero-order chi connectivity index (χ0) is 31.5. The number of aryl methyl sites for hydroxylation is 1. The Bertz CT molecular complexity index is 2240. The summed E-state index contributed by atoms with van der Waals surface area (Å²) in [4.78, 5) is 26.1. The minimum Gasteiger partial charge on any atom is -0.481 e. The van der Waals surface area contributed by atoms with Crippen LogP contribution in [0, 0.1) is 0 Å². The van der Waals surface area contributed by atoms with Crippen LogP contribution in [0.5, 0.6) is 23.0 Å². The molecule has 7 aromatic carbocycles. The number of carbonyl (C=O) groups excluding carboxylic acids is 2. The van der Waals surface area contributed by atoms with Crippen LogP contribution < -0.4 is 18.9 Å². The number of benzene rings is 7. The van der Waals surface area contributed by atoms with E-state index in [4.69, 9.17) is 18.9 Å². The molecule has 46 heavy (non-hydrogen) atoms. The molecule has 7 aromatic rings. The van der Waals surface area contributed by atoms with Gasteiger partial charge in [0.1, 0.15) is 23.0 Å². The van der Waals surface area contributed by atoms with Crippen molar-refractivity contribution in [3.63, 3.8) is 0 Å². The lowest BCUT2D eigenvalue weighted by molar-refractivity contribution is -0.137. The van der Waals surface area contributed by atoms with E-state index < -0.39 is 11.9 Å². The van der Waals surface area contributed by atoms with Crippen molar-refractivity contribution < 1.29 is 28.5 Å². The Morgan fingerprint density at radius 1 is 0.478 bits per heavy atom. The number of carbonyl (C=O) groups is 2. The van der Waals surface area contributed by atoms with Crippen molar-refractivity contribution in [2.24, 2.45) is 0 Å². The van der Waals surface area contributed by atoms with Crippen molar-refractivity contribution in [2.75, 3.05) is 13.2 Å². The summed E-state index contributed by atoms with van der Waals surface area (Å²) >= 11 is 0. The second-order valence-electron chi connectivity index (χ2n) is 10.9. The minimum atomic E-state index is -0.518. The highest BCUT2D eigenvalue weighted by Crippen LogP contribution is 2.43. The second-order valence-corrected chi connectivity index (χ2v) is 10.9. The van der Waals surface area contributed by atoms with Crippen LogP contribution >= 0.6 is 0 Å². The van der Waals surface area contributed by atoms with E-state index in [1.54, 1.807) is 12.1 Å². The van der Waals surface area contributed by atoms with E-state index in [0.29, 0.717) is 23.0 Å². The minimum absolute atomic E-state index is 0.295. The average Bonchev–Trinajstić information content (AvgIpc) is 3.09. The SMILES string of the molecule is CCc1ccc2c(OCC(=O)Oc3cccc4ccccc34)c3ccccc3c(OCC(=O)Oc3cccc4ccccc34)c2c1. The summed E-state index contributed by atoms with van der Waals surface area (Å²) in [5, 5.41) is 6.68. The fourth-order valence-corrected chi connectivity index (χ4v) is 5.81. The van der Waals surface area contributed by atoms with Gasteiger partial charge >= 0.3 is 11.9 Å². The van der Waals surface area contributed by atoms with Gasteiger partial charge in [0.25, 0.3) is 0 Å². The highest BCUT2D eigenvalue weighted by Gasteiger charge is 2.20. The quantitative estimate of drug-likeness (QED) is 0.0929. The van der Waals surface area contributed by atoms with Gasteiger partial charge in [0.15, 0.2) is 13.2 Å². The molecule has 0 atom stereocenters. The smallest absolute Gasteiger partial charge is 0.349 e. The predicted octanol–water partition coefficient (Wildman–Crippen LogP) is 8.83. The summed E-state index contributed by atoms with van der Waals surface area (Å²) in [6.45, 7) is 1.48. The first-order valence-electron chi connectivity index (χ1n) is 15.2. The van der Waals surface area contributed by atoms with Crippen molar-refractivity contribution in [3.8, 4) is 23.0 Å². The number of esters is 2. The molecule has 0 radical (unpaired) electrons. The number of fused-ring (bicyclic) bond motifs is 4. The molecule has 226 valence electrons. The maximum atomic E-state index is 13.1. The van der Waals surface area contributed by atoms with Crippen molar-refractivity contribution >= 4 is 55.0 Å². The number of ether oxygens (including phenoxy) is 4. The first-order chi connectivity index (χ1) is 22.6. The van der Waals surface area contributed by atoms with Crippen molar-refractivity contribution in [1.82, 2.24) is 0 Å². The zero-order valence-electron chi connectivity index (χ0n) is 25.2. The molecule has 0 fully saturated rings. The number of hydrogen-bond acceptors (Lipinski definition) is 6. The van der Waals surface area contributed by atoms with Crippen molar-refractivity contribution in [1.29, 1.82) is 0 Å². The lowest BCUT2D eigenvalue weighted by Crippen LogP contribution is -2.19. The summed E-state index contributed by atoms with van der Waals surface area (Å²) in [5.74, 6) is 1.00. The molecular weight excluding hydrogens is 576 g/mol. The van der Waals surface area contributed by atoms with Gasteiger partial charge in [-0.15, -0.1) is 0 Å². The average molecular weight is 607 g/mol. The second kappa shape index (κ2) is 12.6. The molecule has 0 amide bonds. The van der Waals surface area contributed by atoms with Crippen molar-refractivity contribution in [3.05, 3.63) is 133 Å². The van der Waals surface area contributed by atoms with Crippen LogP contribution in [-0.4, -0.2) is 25.2 Å². The maximum absolute atomic E-state index is 13.1. The number of hydrogen-bond donors (Lipinski definition) is 0. The highest BCUT2D eigenvalue weighted by atomic mass is 16.6. The van der Waals surface area contributed by atoms with E-state index in [-0.39, 0.29) is 13.2 Å². The van der Waals surface area contributed by atoms with Gasteiger partial charge in [0, 0.05) is 32.3 Å². The molecule has 0 bridgehead atoms. The topological polar surface area (TPSA) is 71.1 Å². The molecular formula is C40H30O6. The third-order valence-corrected chi connectivity index (χ3v) is 8.01. The molecule has 0 unspecified atom stereocenters. The van der Waals surface area contributed by atoms with Crippen LogP contribution in [0.25, 0.3) is 43.1 Å². The molecule has 0 aliphatic heterocycles. The van der Waals surface area contributed by atoms with E-state index in [1.807, 2.05) is 115 Å². The molecule has 7 rings (SSSR count). The van der Waals surface area contributed by atoms with Gasteiger partial charge in [-0.05, 0) is 41.0 Å². The van der Waals surface area contributed by atoms with Gasteiger partial charge in [0.05, 0.1) is 0 Å². The van der Waals surface area contributed by atoms with Crippen LogP contribution in [0.2, 0.25) is 0 Å². The molecule has 0 aromatic heterocycles. The summed E-state index contributed by atoms with van der Waals surface area (Å²) in [6.07, 6.45) is 0.804. The molecule has 0 spiro atoms. The van der Waals surface area contributed by atoms with Crippen LogP contribution in [0.4, 0.5) is 0 Å². The van der Waals surface area contributed by atoms with Gasteiger partial charge in [-0.1, -0.05) is 116 Å². The molecule has 0 N–H and O–H groups in total. The third-order valence-electron chi connectivity index (χ3n) is 8.01. The third kappa shape index (κ3) is 5.69. The van der Waals surface area contributed by atoms with E-state index in [2.05, 4.69) is 6.92 Å². The highest BCUT2D eigenvalue weighted by molar-refractivity contribution is 6.11. The summed E-state index contributed by atoms with van der Waals surface area (Å²) in [7, 11) is 0. The van der Waals surface area contributed by atoms with Crippen LogP contribution in [0.1, 0.15) is 12.5 Å². The van der Waals surface area contributed by atoms with Gasteiger partial charge in [-0.3, -0.25) is 0 Å². The van der Waals surface area contributed by atoms with Gasteiger partial charge < -0.3 is 18.9 Å². The molecule has 0 saturated carbocycles. The Labute approximate surface area is 265 Å². The standard InChI is InChI=1S/C40H30O6/c1-2-26-21-22-33-34(23-26)40(44-25-38(42)46-36-20-10-14-28-12-4-6-16-30(28)36)32-18-8-7-17-31(32)39(33)43-24-37(41)45-35-19-9-13-27-11-3-5-15-29(27)35/h3-23H,2,24-25H2,1H3. The Morgan fingerprint density at radius 3 is 1.43 bits per heavy atom. The molecule has 6 nitrogen and oxygen atoms in total. The molecule has 0 saturated heterocycles. The Morgan fingerprint density at radius 2 is 0.913 bits per heavy atom. The molecule has 0 aliphatic carbocycles. The van der Waals surface area contributed by atoms with Crippen LogP contribution in [-0.2, 0) is 16.0 Å². The van der Waals surface area contributed by atoms with E-state index >= 15 is 0 Å². The first kappa shape index (κ1) is 28.9.